The lowest BCUT2D eigenvalue weighted by Gasteiger charge is -2.16. The Labute approximate surface area is 87.2 Å². The van der Waals surface area contributed by atoms with Crippen LogP contribution in [-0.4, -0.2) is 34.0 Å². The lowest BCUT2D eigenvalue weighted by molar-refractivity contribution is -0.138. The highest BCUT2D eigenvalue weighted by molar-refractivity contribution is 7.09. The predicted molar refractivity (Wildman–Crippen MR) is 55.4 cm³/mol. The van der Waals surface area contributed by atoms with Crippen LogP contribution >= 0.6 is 11.3 Å². The van der Waals surface area contributed by atoms with Gasteiger partial charge in [-0.3, -0.25) is 9.69 Å². The maximum Gasteiger partial charge on any atom is 0.317 e. The summed E-state index contributed by atoms with van der Waals surface area (Å²) in [5, 5.41) is 8.66. The van der Waals surface area contributed by atoms with Gasteiger partial charge >= 0.3 is 5.97 Å². The molecular formula is C9H14N2O2S. The van der Waals surface area contributed by atoms with Gasteiger partial charge in [-0.15, -0.1) is 11.3 Å². The quantitative estimate of drug-likeness (QED) is 0.804. The number of carbonyl (C=O) groups is 1. The summed E-state index contributed by atoms with van der Waals surface area (Å²) in [6.07, 6.45) is 0. The maximum absolute atomic E-state index is 10.5. The zero-order chi connectivity index (χ0) is 10.6. The molecule has 1 rings (SSSR count). The van der Waals surface area contributed by atoms with Crippen LogP contribution in [0.4, 0.5) is 0 Å². The first-order valence-corrected chi connectivity index (χ1v) is 5.34. The molecule has 1 N–H and O–H groups in total. The Morgan fingerprint density at radius 3 is 2.86 bits per heavy atom. The van der Waals surface area contributed by atoms with Gasteiger partial charge in [-0.2, -0.15) is 0 Å². The predicted octanol–water partition coefficient (Wildman–Crippen LogP) is 1.36. The first-order chi connectivity index (χ1) is 6.63. The molecule has 0 atom stereocenters. The second-order valence-electron chi connectivity index (χ2n) is 3.06. The highest BCUT2D eigenvalue weighted by Gasteiger charge is 2.10. The summed E-state index contributed by atoms with van der Waals surface area (Å²) < 4.78 is 0. The average Bonchev–Trinajstić information content (AvgIpc) is 2.50. The zero-order valence-electron chi connectivity index (χ0n) is 8.36. The number of aliphatic carboxylic acids is 1. The van der Waals surface area contributed by atoms with Gasteiger partial charge in [0.15, 0.2) is 0 Å². The van der Waals surface area contributed by atoms with Crippen molar-refractivity contribution >= 4 is 17.3 Å². The minimum atomic E-state index is -0.783. The highest BCUT2D eigenvalue weighted by atomic mass is 32.1. The molecule has 0 aliphatic carbocycles. The topological polar surface area (TPSA) is 53.4 Å². The molecule has 0 aromatic carbocycles. The Morgan fingerprint density at radius 2 is 2.43 bits per heavy atom. The smallest absolute Gasteiger partial charge is 0.317 e. The minimum absolute atomic E-state index is 0.0911. The van der Waals surface area contributed by atoms with Gasteiger partial charge in [-0.05, 0) is 13.5 Å². The molecule has 0 amide bonds. The molecule has 0 radical (unpaired) electrons. The van der Waals surface area contributed by atoms with Gasteiger partial charge in [0.2, 0.25) is 0 Å². The Bertz CT molecular complexity index is 312. The molecule has 1 heterocycles. The van der Waals surface area contributed by atoms with Crippen molar-refractivity contribution in [1.82, 2.24) is 9.88 Å². The SMILES string of the molecule is CCN(CC(=O)O)Cc1scnc1C. The molecule has 0 spiro atoms. The maximum atomic E-state index is 10.5. The Balaban J connectivity index is 2.57. The van der Waals surface area contributed by atoms with Crippen molar-refractivity contribution in [2.24, 2.45) is 0 Å². The van der Waals surface area contributed by atoms with E-state index >= 15 is 0 Å². The molecule has 1 aromatic heterocycles. The van der Waals surface area contributed by atoms with E-state index in [0.29, 0.717) is 6.54 Å². The summed E-state index contributed by atoms with van der Waals surface area (Å²) in [5.41, 5.74) is 2.79. The van der Waals surface area contributed by atoms with E-state index in [4.69, 9.17) is 5.11 Å². The van der Waals surface area contributed by atoms with Gasteiger partial charge in [0, 0.05) is 11.4 Å². The van der Waals surface area contributed by atoms with Crippen molar-refractivity contribution in [3.8, 4) is 0 Å². The van der Waals surface area contributed by atoms with Crippen LogP contribution in [0.15, 0.2) is 5.51 Å². The third-order valence-corrected chi connectivity index (χ3v) is 2.94. The second-order valence-corrected chi connectivity index (χ2v) is 4.00. The number of nitrogens with zero attached hydrogens (tertiary/aromatic N) is 2. The van der Waals surface area contributed by atoms with E-state index in [0.717, 1.165) is 17.1 Å². The number of hydrogen-bond donors (Lipinski definition) is 1. The molecule has 78 valence electrons. The van der Waals surface area contributed by atoms with Crippen LogP contribution < -0.4 is 0 Å². The molecule has 4 nitrogen and oxygen atoms in total. The van der Waals surface area contributed by atoms with Crippen molar-refractivity contribution in [3.63, 3.8) is 0 Å². The second kappa shape index (κ2) is 5.07. The number of carboxylic acids is 1. The van der Waals surface area contributed by atoms with Gasteiger partial charge in [0.25, 0.3) is 0 Å². The monoisotopic (exact) mass is 214 g/mol. The molecule has 0 bridgehead atoms. The summed E-state index contributed by atoms with van der Waals surface area (Å²) in [7, 11) is 0. The molecule has 1 aromatic rings. The van der Waals surface area contributed by atoms with E-state index in [9.17, 15) is 4.79 Å². The van der Waals surface area contributed by atoms with Crippen molar-refractivity contribution in [2.75, 3.05) is 13.1 Å². The van der Waals surface area contributed by atoms with Gasteiger partial charge in [-0.25, -0.2) is 4.98 Å². The molecule has 0 aliphatic heterocycles. The molecule has 0 saturated heterocycles. The van der Waals surface area contributed by atoms with Gasteiger partial charge in [0.1, 0.15) is 0 Å². The van der Waals surface area contributed by atoms with Crippen molar-refractivity contribution in [2.45, 2.75) is 20.4 Å². The van der Waals surface area contributed by atoms with Crippen molar-refractivity contribution in [1.29, 1.82) is 0 Å². The minimum Gasteiger partial charge on any atom is -0.480 e. The van der Waals surface area contributed by atoms with Crippen LogP contribution in [0.1, 0.15) is 17.5 Å². The Morgan fingerprint density at radius 1 is 1.71 bits per heavy atom. The molecule has 14 heavy (non-hydrogen) atoms. The summed E-state index contributed by atoms with van der Waals surface area (Å²) >= 11 is 1.57. The van der Waals surface area contributed by atoms with Crippen LogP contribution in [-0.2, 0) is 11.3 Å². The van der Waals surface area contributed by atoms with Gasteiger partial charge in [0.05, 0.1) is 17.7 Å². The zero-order valence-corrected chi connectivity index (χ0v) is 9.17. The van der Waals surface area contributed by atoms with E-state index in [1.165, 1.54) is 0 Å². The normalized spacial score (nSPS) is 10.8. The van der Waals surface area contributed by atoms with Gasteiger partial charge < -0.3 is 5.11 Å². The Kier molecular flexibility index (Phi) is 4.03. The largest absolute Gasteiger partial charge is 0.480 e. The molecule has 5 heteroatoms. The number of aryl methyl sites for hydroxylation is 1. The van der Waals surface area contributed by atoms with Crippen molar-refractivity contribution in [3.05, 3.63) is 16.1 Å². The van der Waals surface area contributed by atoms with E-state index in [1.54, 1.807) is 16.8 Å². The number of aromatic nitrogens is 1. The summed E-state index contributed by atoms with van der Waals surface area (Å²) in [6.45, 7) is 5.41. The summed E-state index contributed by atoms with van der Waals surface area (Å²) in [6, 6.07) is 0. The summed E-state index contributed by atoms with van der Waals surface area (Å²) in [5.74, 6) is -0.783. The fourth-order valence-corrected chi connectivity index (χ4v) is 1.97. The van der Waals surface area contributed by atoms with E-state index in [2.05, 4.69) is 4.98 Å². The number of rotatable bonds is 5. The van der Waals surface area contributed by atoms with E-state index in [-0.39, 0.29) is 6.54 Å². The third-order valence-electron chi connectivity index (χ3n) is 2.02. The highest BCUT2D eigenvalue weighted by Crippen LogP contribution is 2.14. The number of carboxylic acid groups (broad SMARTS) is 1. The number of likely N-dealkylation sites (N-methyl/N-ethyl adjacent to an activating group) is 1. The number of thiazole rings is 1. The van der Waals surface area contributed by atoms with Crippen LogP contribution in [0, 0.1) is 6.92 Å². The number of hydrogen-bond acceptors (Lipinski definition) is 4. The lowest BCUT2D eigenvalue weighted by Crippen LogP contribution is -2.28. The van der Waals surface area contributed by atoms with Gasteiger partial charge in [-0.1, -0.05) is 6.92 Å². The third kappa shape index (κ3) is 3.08. The molecule has 0 aliphatic rings. The fourth-order valence-electron chi connectivity index (χ4n) is 1.15. The van der Waals surface area contributed by atoms with Crippen LogP contribution in [0.3, 0.4) is 0 Å². The van der Waals surface area contributed by atoms with E-state index < -0.39 is 5.97 Å². The first kappa shape index (κ1) is 11.1. The van der Waals surface area contributed by atoms with Crippen molar-refractivity contribution < 1.29 is 9.90 Å². The van der Waals surface area contributed by atoms with E-state index in [1.807, 2.05) is 18.7 Å². The molecule has 0 unspecified atom stereocenters. The van der Waals surface area contributed by atoms with Crippen LogP contribution in [0.2, 0.25) is 0 Å². The first-order valence-electron chi connectivity index (χ1n) is 4.46. The molecule has 0 saturated carbocycles. The van der Waals surface area contributed by atoms with Crippen LogP contribution in [0.25, 0.3) is 0 Å². The molecular weight excluding hydrogens is 200 g/mol. The summed E-state index contributed by atoms with van der Waals surface area (Å²) in [4.78, 5) is 17.7. The fraction of sp³-hybridized carbons (Fsp3) is 0.556. The molecule has 0 fully saturated rings. The van der Waals surface area contributed by atoms with Crippen LogP contribution in [0.5, 0.6) is 0 Å². The standard InChI is InChI=1S/C9H14N2O2S/c1-3-11(5-9(12)13)4-8-7(2)10-6-14-8/h6H,3-5H2,1-2H3,(H,12,13). The Hall–Kier alpha value is -0.940. The average molecular weight is 214 g/mol. The lowest BCUT2D eigenvalue weighted by atomic mass is 10.3.